The van der Waals surface area contributed by atoms with Gasteiger partial charge >= 0.3 is 21.2 Å². The summed E-state index contributed by atoms with van der Waals surface area (Å²) in [4.78, 5) is 16.4. The maximum absolute atomic E-state index is 9.19. The zero-order valence-electron chi connectivity index (χ0n) is 34.1. The largest absolute Gasteiger partial charge is 0.437 e. The molecule has 4 aliphatic carbocycles. The highest BCUT2D eigenvalue weighted by atomic mass is 17.1. The normalized spacial score (nSPS) is 28.3. The van der Waals surface area contributed by atoms with Gasteiger partial charge < -0.3 is 36.1 Å². The Morgan fingerprint density at radius 2 is 0.667 bits per heavy atom. The summed E-state index contributed by atoms with van der Waals surface area (Å²) in [6, 6.07) is 1.95. The Hall–Kier alpha value is -0.405. The predicted octanol–water partition coefficient (Wildman–Crippen LogP) is 5.02. The molecule has 4 saturated carbocycles. The molecule has 0 aromatic carbocycles. The van der Waals surface area contributed by atoms with Gasteiger partial charge in [-0.3, -0.25) is 21.0 Å². The van der Waals surface area contributed by atoms with Crippen LogP contribution < -0.4 is 21.0 Å². The molecule has 318 valence electrons. The molecule has 8 unspecified atom stereocenters. The molecule has 0 saturated heterocycles. The van der Waals surface area contributed by atoms with E-state index in [1.807, 2.05) is 7.05 Å². The highest BCUT2D eigenvalue weighted by molar-refractivity contribution is 6.46. The summed E-state index contributed by atoms with van der Waals surface area (Å²) in [7, 11) is 0.754. The summed E-state index contributed by atoms with van der Waals surface area (Å²) in [6.07, 6.45) is 22.7. The average molecular weight is 776 g/mol. The van der Waals surface area contributed by atoms with E-state index in [0.717, 1.165) is 70.1 Å². The Kier molecular flexibility index (Phi) is 32.1. The van der Waals surface area contributed by atoms with E-state index in [1.165, 1.54) is 64.2 Å². The van der Waals surface area contributed by atoms with Crippen molar-refractivity contribution in [2.75, 3.05) is 33.5 Å². The molecule has 4 aliphatic rings. The highest BCUT2D eigenvalue weighted by Gasteiger charge is 2.25. The van der Waals surface area contributed by atoms with Gasteiger partial charge in [0, 0.05) is 6.04 Å². The fourth-order valence-electron chi connectivity index (χ4n) is 8.83. The van der Waals surface area contributed by atoms with Crippen molar-refractivity contribution >= 4 is 21.2 Å². The molecule has 0 aliphatic heterocycles. The second-order valence-corrected chi connectivity index (χ2v) is 16.2. The van der Waals surface area contributed by atoms with Crippen molar-refractivity contribution in [2.24, 2.45) is 23.7 Å². The van der Waals surface area contributed by atoms with Crippen molar-refractivity contribution in [3.63, 3.8) is 0 Å². The molecule has 4 fully saturated rings. The van der Waals surface area contributed by atoms with Crippen LogP contribution in [-0.4, -0.2) is 115 Å². The van der Waals surface area contributed by atoms with Gasteiger partial charge in [0.05, 0.1) is 26.4 Å². The Morgan fingerprint density at radius 3 is 0.889 bits per heavy atom. The van der Waals surface area contributed by atoms with Gasteiger partial charge in [-0.15, -0.1) is 0 Å². The first-order valence-corrected chi connectivity index (χ1v) is 21.1. The van der Waals surface area contributed by atoms with Crippen LogP contribution in [0.25, 0.3) is 0 Å². The van der Waals surface area contributed by atoms with Gasteiger partial charge in [-0.25, -0.2) is 19.6 Å². The fraction of sp³-hybridized carbons (Fsp3) is 1.00. The fourth-order valence-corrected chi connectivity index (χ4v) is 8.83. The van der Waals surface area contributed by atoms with Crippen LogP contribution in [0, 0.1) is 23.7 Å². The third-order valence-electron chi connectivity index (χ3n) is 11.4. The van der Waals surface area contributed by atoms with Gasteiger partial charge in [0.1, 0.15) is 0 Å². The van der Waals surface area contributed by atoms with Crippen LogP contribution in [0.4, 0.5) is 0 Å². The smallest absolute Gasteiger partial charge is 0.373 e. The molecule has 0 bridgehead atoms. The summed E-state index contributed by atoms with van der Waals surface area (Å²) in [5.41, 5.74) is 0. The first-order valence-electron chi connectivity index (χ1n) is 21.1. The highest BCUT2D eigenvalue weighted by Crippen LogP contribution is 2.29. The third kappa shape index (κ3) is 27.3. The van der Waals surface area contributed by atoms with E-state index < -0.39 is 21.2 Å². The van der Waals surface area contributed by atoms with E-state index in [-0.39, 0.29) is 0 Å². The minimum atomic E-state index is -0.423. The summed E-state index contributed by atoms with van der Waals surface area (Å²) in [5, 5.41) is 73.3. The van der Waals surface area contributed by atoms with Crippen LogP contribution >= 0.6 is 0 Å². The molecule has 0 heterocycles. The van der Waals surface area contributed by atoms with Gasteiger partial charge in [0.15, 0.2) is 0 Å². The van der Waals surface area contributed by atoms with Crippen LogP contribution in [0.3, 0.4) is 0 Å². The van der Waals surface area contributed by atoms with Crippen molar-refractivity contribution in [3.8, 4) is 0 Å². The molecule has 0 aromatic heterocycles. The second kappa shape index (κ2) is 33.6. The molecule has 0 aromatic rings. The molecule has 18 heteroatoms. The van der Waals surface area contributed by atoms with Crippen molar-refractivity contribution in [1.29, 1.82) is 0 Å². The van der Waals surface area contributed by atoms with E-state index in [2.05, 4.69) is 40.6 Å². The third-order valence-corrected chi connectivity index (χ3v) is 11.4. The lowest BCUT2D eigenvalue weighted by Gasteiger charge is -2.30. The Labute approximate surface area is 327 Å². The zero-order chi connectivity index (χ0) is 40.0. The van der Waals surface area contributed by atoms with E-state index in [0.29, 0.717) is 68.3 Å². The lowest BCUT2D eigenvalue weighted by atomic mass is 9.79. The Bertz CT molecular complexity index is 770. The molecule has 54 heavy (non-hydrogen) atoms. The summed E-state index contributed by atoms with van der Waals surface area (Å²) < 4.78 is 0. The standard InChI is InChI=1S/3C9H20BNO3.C9H19NO2/c3*1-10(12)11-9-4-2-3-8(7-9)5-6-14-13;1-10-9-4-2-3-8(7-9)5-6-12-11/h3*8-9,11-13H,2-7H2,1H3;8-11H,2-7H2,1H3. The first-order chi connectivity index (χ1) is 26.0. The average Bonchev–Trinajstić information content (AvgIpc) is 3.15. The summed E-state index contributed by atoms with van der Waals surface area (Å²) in [6.45, 7) is 7.01. The monoisotopic (exact) mass is 777 g/mol. The van der Waals surface area contributed by atoms with E-state index in [4.69, 9.17) is 21.0 Å². The Morgan fingerprint density at radius 1 is 0.426 bits per heavy atom. The molecule has 8 atom stereocenters. The lowest BCUT2D eigenvalue weighted by molar-refractivity contribution is -0.244. The maximum Gasteiger partial charge on any atom is 0.373 e. The van der Waals surface area contributed by atoms with Crippen molar-refractivity contribution in [2.45, 2.75) is 173 Å². The second-order valence-electron chi connectivity index (χ2n) is 16.2. The summed E-state index contributed by atoms with van der Waals surface area (Å²) in [5.74, 6) is 2.59. The number of rotatable bonds is 19. The van der Waals surface area contributed by atoms with E-state index in [9.17, 15) is 15.1 Å². The van der Waals surface area contributed by atoms with E-state index in [1.54, 1.807) is 20.5 Å². The lowest BCUT2D eigenvalue weighted by Crippen LogP contribution is -2.42. The molecule has 0 amide bonds. The maximum atomic E-state index is 9.19. The van der Waals surface area contributed by atoms with E-state index >= 15 is 0 Å². The first kappa shape index (κ1) is 51.6. The van der Waals surface area contributed by atoms with Gasteiger partial charge in [0.2, 0.25) is 0 Å². The van der Waals surface area contributed by atoms with Crippen LogP contribution in [0.2, 0.25) is 20.5 Å². The topological polar surface area (TPSA) is 227 Å². The van der Waals surface area contributed by atoms with Gasteiger partial charge in [0.25, 0.3) is 0 Å². The van der Waals surface area contributed by atoms with Crippen LogP contribution in [0.15, 0.2) is 0 Å². The molecule has 15 nitrogen and oxygen atoms in total. The number of nitrogens with one attached hydrogen (secondary N) is 4. The molecule has 4 rings (SSSR count). The molecular weight excluding hydrogens is 697 g/mol. The quantitative estimate of drug-likeness (QED) is 0.0471. The van der Waals surface area contributed by atoms with Crippen LogP contribution in [0.1, 0.15) is 128 Å². The molecule has 11 N–H and O–H groups in total. The SMILES string of the molecule is CB(O)NC1CCCC(CCOO)C1.CB(O)NC1CCCC(CCOO)C1.CB(O)NC1CCCC(CCOO)C1.CNC1CCCC(CCOO)C1. The van der Waals surface area contributed by atoms with Gasteiger partial charge in [-0.05, 0) is 146 Å². The van der Waals surface area contributed by atoms with Crippen LogP contribution in [0.5, 0.6) is 0 Å². The predicted molar refractivity (Wildman–Crippen MR) is 216 cm³/mol. The molecule has 0 spiro atoms. The van der Waals surface area contributed by atoms with Crippen molar-refractivity contribution in [3.05, 3.63) is 0 Å². The van der Waals surface area contributed by atoms with Crippen molar-refractivity contribution < 1.29 is 55.7 Å². The van der Waals surface area contributed by atoms with Gasteiger partial charge in [-0.1, -0.05) is 51.4 Å². The minimum Gasteiger partial charge on any atom is -0.437 e. The van der Waals surface area contributed by atoms with Gasteiger partial charge in [-0.2, -0.15) is 0 Å². The zero-order valence-corrected chi connectivity index (χ0v) is 34.1. The molecular formula is C36H79B3N4O11. The number of hydrogen-bond donors (Lipinski definition) is 11. The Balaban J connectivity index is 0.000000361. The number of hydrogen-bond acceptors (Lipinski definition) is 15. The van der Waals surface area contributed by atoms with Crippen molar-refractivity contribution in [1.82, 2.24) is 21.0 Å². The summed E-state index contributed by atoms with van der Waals surface area (Å²) >= 11 is 0. The minimum absolute atomic E-state index is 0.423. The van der Waals surface area contributed by atoms with Crippen LogP contribution in [-0.2, 0) is 19.6 Å². The molecule has 0 radical (unpaired) electrons.